The van der Waals surface area contributed by atoms with Gasteiger partial charge in [0.1, 0.15) is 5.75 Å². The number of methoxy groups -OCH3 is 1. The lowest BCUT2D eigenvalue weighted by Gasteiger charge is -2.08. The van der Waals surface area contributed by atoms with Gasteiger partial charge < -0.3 is 10.5 Å². The first-order valence-electron chi connectivity index (χ1n) is 6.03. The van der Waals surface area contributed by atoms with Crippen LogP contribution in [0.2, 0.25) is 0 Å². The molecule has 102 valence electrons. The Kier molecular flexibility index (Phi) is 4.68. The van der Waals surface area contributed by atoms with Crippen LogP contribution < -0.4 is 15.9 Å². The summed E-state index contributed by atoms with van der Waals surface area (Å²) in [6, 6.07) is 17.5. The fourth-order valence-corrected chi connectivity index (χ4v) is 1.80. The fourth-order valence-electron chi connectivity index (χ4n) is 1.75. The molecule has 0 aliphatic carbocycles. The van der Waals surface area contributed by atoms with E-state index in [4.69, 9.17) is 22.7 Å². The molecule has 0 radical (unpaired) electrons. The van der Waals surface area contributed by atoms with Gasteiger partial charge in [-0.2, -0.15) is 5.10 Å². The maximum absolute atomic E-state index is 5.44. The van der Waals surface area contributed by atoms with Crippen LogP contribution in [0.15, 0.2) is 59.7 Å². The average molecular weight is 285 g/mol. The summed E-state index contributed by atoms with van der Waals surface area (Å²) in [6.07, 6.45) is 0. The maximum Gasteiger partial charge on any atom is 0.184 e. The number of hydrazone groups is 1. The molecule has 0 aliphatic rings. The highest BCUT2D eigenvalue weighted by atomic mass is 32.1. The molecule has 0 saturated carbocycles. The first kappa shape index (κ1) is 14.0. The Hall–Kier alpha value is -2.40. The predicted molar refractivity (Wildman–Crippen MR) is 85.0 cm³/mol. The van der Waals surface area contributed by atoms with Gasteiger partial charge >= 0.3 is 0 Å². The van der Waals surface area contributed by atoms with E-state index >= 15 is 0 Å². The molecular formula is C15H15N3OS. The van der Waals surface area contributed by atoms with Crippen molar-refractivity contribution in [3.05, 3.63) is 65.7 Å². The number of nitrogens with one attached hydrogen (secondary N) is 1. The Morgan fingerprint density at radius 2 is 1.65 bits per heavy atom. The highest BCUT2D eigenvalue weighted by Crippen LogP contribution is 2.15. The summed E-state index contributed by atoms with van der Waals surface area (Å²) in [5, 5.41) is 4.41. The second-order valence-corrected chi connectivity index (χ2v) is 4.47. The Morgan fingerprint density at radius 3 is 2.20 bits per heavy atom. The van der Waals surface area contributed by atoms with E-state index in [0.717, 1.165) is 22.6 Å². The molecule has 0 heterocycles. The summed E-state index contributed by atoms with van der Waals surface area (Å²) in [5.74, 6) is 0.795. The first-order valence-corrected chi connectivity index (χ1v) is 6.44. The molecule has 0 atom stereocenters. The van der Waals surface area contributed by atoms with Crippen molar-refractivity contribution < 1.29 is 4.74 Å². The van der Waals surface area contributed by atoms with Gasteiger partial charge in [-0.05, 0) is 36.5 Å². The molecule has 5 heteroatoms. The Balaban J connectivity index is 2.40. The van der Waals surface area contributed by atoms with Crippen molar-refractivity contribution in [2.24, 2.45) is 10.8 Å². The molecule has 4 nitrogen and oxygen atoms in total. The summed E-state index contributed by atoms with van der Waals surface area (Å²) in [7, 11) is 1.63. The van der Waals surface area contributed by atoms with Crippen molar-refractivity contribution in [1.82, 2.24) is 5.43 Å². The molecular weight excluding hydrogens is 270 g/mol. The number of ether oxygens (including phenoxy) is 1. The van der Waals surface area contributed by atoms with E-state index in [-0.39, 0.29) is 5.11 Å². The number of hydrogen-bond acceptors (Lipinski definition) is 3. The molecule has 0 aliphatic heterocycles. The van der Waals surface area contributed by atoms with E-state index in [1.165, 1.54) is 0 Å². The van der Waals surface area contributed by atoms with Gasteiger partial charge in [-0.15, -0.1) is 0 Å². The minimum Gasteiger partial charge on any atom is -0.497 e. The lowest BCUT2D eigenvalue weighted by atomic mass is 10.0. The lowest BCUT2D eigenvalue weighted by molar-refractivity contribution is 0.415. The number of nitrogens with zero attached hydrogens (tertiary/aromatic N) is 1. The zero-order chi connectivity index (χ0) is 14.4. The van der Waals surface area contributed by atoms with Crippen LogP contribution in [0.1, 0.15) is 11.1 Å². The molecule has 0 fully saturated rings. The van der Waals surface area contributed by atoms with E-state index in [9.17, 15) is 0 Å². The lowest BCUT2D eigenvalue weighted by Crippen LogP contribution is -2.26. The van der Waals surface area contributed by atoms with E-state index in [2.05, 4.69) is 10.5 Å². The fraction of sp³-hybridized carbons (Fsp3) is 0.0667. The van der Waals surface area contributed by atoms with Gasteiger partial charge in [0, 0.05) is 11.1 Å². The highest BCUT2D eigenvalue weighted by molar-refractivity contribution is 7.80. The van der Waals surface area contributed by atoms with Crippen LogP contribution in [0.4, 0.5) is 0 Å². The Labute approximate surface area is 123 Å². The van der Waals surface area contributed by atoms with Gasteiger partial charge in [0.15, 0.2) is 5.11 Å². The number of benzene rings is 2. The third-order valence-corrected chi connectivity index (χ3v) is 2.78. The number of rotatable bonds is 4. The molecule has 0 unspecified atom stereocenters. The third-order valence-electron chi connectivity index (χ3n) is 2.69. The van der Waals surface area contributed by atoms with Crippen molar-refractivity contribution in [2.45, 2.75) is 0 Å². The van der Waals surface area contributed by atoms with Gasteiger partial charge in [-0.3, -0.25) is 5.43 Å². The molecule has 0 amide bonds. The minimum atomic E-state index is 0.131. The predicted octanol–water partition coefficient (Wildman–Crippen LogP) is 2.28. The summed E-state index contributed by atoms with van der Waals surface area (Å²) in [6.45, 7) is 0. The zero-order valence-corrected chi connectivity index (χ0v) is 11.9. The molecule has 0 bridgehead atoms. The van der Waals surface area contributed by atoms with E-state index < -0.39 is 0 Å². The van der Waals surface area contributed by atoms with Crippen molar-refractivity contribution in [3.63, 3.8) is 0 Å². The Morgan fingerprint density at radius 1 is 1.05 bits per heavy atom. The largest absolute Gasteiger partial charge is 0.497 e. The standard InChI is InChI=1S/C15H15N3OS/c1-19-13-9-7-12(8-10-13)14(17-18-15(16)20)11-5-3-2-4-6-11/h2-10H,1H3,(H3,16,18,20)/b17-14+. The monoisotopic (exact) mass is 285 g/mol. The third kappa shape index (κ3) is 3.55. The SMILES string of the molecule is COc1ccc(/C(=N/NC(N)=S)c2ccccc2)cc1. The minimum absolute atomic E-state index is 0.131. The molecule has 0 aromatic heterocycles. The number of hydrogen-bond donors (Lipinski definition) is 2. The van der Waals surface area contributed by atoms with Gasteiger partial charge in [0.25, 0.3) is 0 Å². The van der Waals surface area contributed by atoms with E-state index in [1.807, 2.05) is 54.6 Å². The van der Waals surface area contributed by atoms with Crippen LogP contribution in [-0.4, -0.2) is 17.9 Å². The summed E-state index contributed by atoms with van der Waals surface area (Å²) < 4.78 is 5.16. The van der Waals surface area contributed by atoms with Crippen molar-refractivity contribution in [3.8, 4) is 5.75 Å². The van der Waals surface area contributed by atoms with Crippen molar-refractivity contribution >= 4 is 23.0 Å². The Bertz CT molecular complexity index is 609. The molecule has 0 spiro atoms. The maximum atomic E-state index is 5.44. The van der Waals surface area contributed by atoms with Crippen molar-refractivity contribution in [2.75, 3.05) is 7.11 Å². The number of nitrogens with two attached hydrogens (primary N) is 1. The summed E-state index contributed by atoms with van der Waals surface area (Å²) in [4.78, 5) is 0. The zero-order valence-electron chi connectivity index (χ0n) is 11.0. The van der Waals surface area contributed by atoms with Gasteiger partial charge in [-0.25, -0.2) is 0 Å². The van der Waals surface area contributed by atoms with Crippen molar-refractivity contribution in [1.29, 1.82) is 0 Å². The van der Waals surface area contributed by atoms with Crippen LogP contribution in [-0.2, 0) is 0 Å². The van der Waals surface area contributed by atoms with Crippen LogP contribution in [0.5, 0.6) is 5.75 Å². The van der Waals surface area contributed by atoms with Gasteiger partial charge in [0.05, 0.1) is 12.8 Å². The average Bonchev–Trinajstić information content (AvgIpc) is 2.49. The van der Waals surface area contributed by atoms with Crippen LogP contribution in [0, 0.1) is 0 Å². The molecule has 0 saturated heterocycles. The van der Waals surface area contributed by atoms with Gasteiger partial charge in [-0.1, -0.05) is 30.3 Å². The number of thiocarbonyl (C=S) groups is 1. The molecule has 3 N–H and O–H groups in total. The van der Waals surface area contributed by atoms with E-state index in [1.54, 1.807) is 7.11 Å². The molecule has 20 heavy (non-hydrogen) atoms. The van der Waals surface area contributed by atoms with E-state index in [0.29, 0.717) is 0 Å². The second kappa shape index (κ2) is 6.68. The summed E-state index contributed by atoms with van der Waals surface area (Å²) in [5.41, 5.74) is 10.8. The summed E-state index contributed by atoms with van der Waals surface area (Å²) >= 11 is 4.79. The quantitative estimate of drug-likeness (QED) is 0.514. The van der Waals surface area contributed by atoms with Gasteiger partial charge in [0.2, 0.25) is 0 Å². The smallest absolute Gasteiger partial charge is 0.184 e. The molecule has 2 aromatic carbocycles. The van der Waals surface area contributed by atoms with Crippen LogP contribution in [0.3, 0.4) is 0 Å². The first-order chi connectivity index (χ1) is 9.70. The topological polar surface area (TPSA) is 59.6 Å². The highest BCUT2D eigenvalue weighted by Gasteiger charge is 2.07. The second-order valence-electron chi connectivity index (χ2n) is 4.03. The molecule has 2 rings (SSSR count). The normalized spacial score (nSPS) is 10.9. The van der Waals surface area contributed by atoms with Crippen LogP contribution in [0.25, 0.3) is 0 Å². The molecule has 2 aromatic rings. The van der Waals surface area contributed by atoms with Crippen LogP contribution >= 0.6 is 12.2 Å².